The van der Waals surface area contributed by atoms with Crippen LogP contribution in [0.5, 0.6) is 0 Å². The standard InChI is InChI=1S/C8H14BrNO/c1-6-3-4-7(2)10(6)8(11)5-9/h6-7H,3-5H2,1-2H3/t6-,7-/m1/s1. The lowest BCUT2D eigenvalue weighted by Crippen LogP contribution is -2.39. The van der Waals surface area contributed by atoms with E-state index in [0.717, 1.165) is 12.8 Å². The van der Waals surface area contributed by atoms with Crippen molar-refractivity contribution in [3.8, 4) is 0 Å². The fraction of sp³-hybridized carbons (Fsp3) is 0.875. The molecule has 1 heterocycles. The number of halogens is 1. The Balaban J connectivity index is 2.60. The van der Waals surface area contributed by atoms with Crippen molar-refractivity contribution in [1.82, 2.24) is 4.90 Å². The Hall–Kier alpha value is -0.0500. The summed E-state index contributed by atoms with van der Waals surface area (Å²) in [5.74, 6) is 0.225. The third-order valence-electron chi connectivity index (χ3n) is 2.35. The zero-order valence-corrected chi connectivity index (χ0v) is 8.60. The summed E-state index contributed by atoms with van der Waals surface area (Å²) in [6.45, 7) is 4.23. The predicted molar refractivity (Wildman–Crippen MR) is 48.8 cm³/mol. The van der Waals surface area contributed by atoms with Crippen LogP contribution in [0.2, 0.25) is 0 Å². The summed E-state index contributed by atoms with van der Waals surface area (Å²) in [6.07, 6.45) is 2.31. The molecule has 1 saturated heterocycles. The normalized spacial score (nSPS) is 31.0. The molecule has 2 nitrogen and oxygen atoms in total. The van der Waals surface area contributed by atoms with Crippen molar-refractivity contribution in [2.45, 2.75) is 38.8 Å². The lowest BCUT2D eigenvalue weighted by Gasteiger charge is -2.25. The fourth-order valence-electron chi connectivity index (χ4n) is 1.76. The largest absolute Gasteiger partial charge is 0.337 e. The minimum absolute atomic E-state index is 0.225. The van der Waals surface area contributed by atoms with Crippen LogP contribution in [0.1, 0.15) is 26.7 Å². The molecule has 0 aromatic heterocycles. The molecular weight excluding hydrogens is 206 g/mol. The van der Waals surface area contributed by atoms with Gasteiger partial charge in [0.2, 0.25) is 5.91 Å². The Kier molecular flexibility index (Phi) is 2.93. The molecule has 64 valence electrons. The van der Waals surface area contributed by atoms with Gasteiger partial charge in [-0.25, -0.2) is 0 Å². The molecule has 0 aliphatic carbocycles. The Morgan fingerprint density at radius 2 is 1.91 bits per heavy atom. The van der Waals surface area contributed by atoms with E-state index in [1.54, 1.807) is 0 Å². The Morgan fingerprint density at radius 1 is 1.45 bits per heavy atom. The Morgan fingerprint density at radius 3 is 2.27 bits per heavy atom. The van der Waals surface area contributed by atoms with Crippen LogP contribution >= 0.6 is 15.9 Å². The highest BCUT2D eigenvalue weighted by atomic mass is 79.9. The molecule has 0 unspecified atom stereocenters. The van der Waals surface area contributed by atoms with Gasteiger partial charge in [0.1, 0.15) is 0 Å². The van der Waals surface area contributed by atoms with E-state index < -0.39 is 0 Å². The Labute approximate surface area is 76.1 Å². The lowest BCUT2D eigenvalue weighted by molar-refractivity contribution is -0.130. The van der Waals surface area contributed by atoms with Gasteiger partial charge >= 0.3 is 0 Å². The summed E-state index contributed by atoms with van der Waals surface area (Å²) < 4.78 is 0. The topological polar surface area (TPSA) is 20.3 Å². The molecule has 1 rings (SSSR count). The highest BCUT2D eigenvalue weighted by Crippen LogP contribution is 2.23. The van der Waals surface area contributed by atoms with Gasteiger partial charge < -0.3 is 4.90 Å². The second kappa shape index (κ2) is 3.57. The third-order valence-corrected chi connectivity index (χ3v) is 2.83. The number of carbonyl (C=O) groups excluding carboxylic acids is 1. The van der Waals surface area contributed by atoms with E-state index in [-0.39, 0.29) is 5.91 Å². The van der Waals surface area contributed by atoms with E-state index in [9.17, 15) is 4.79 Å². The molecule has 0 N–H and O–H groups in total. The first-order chi connectivity index (χ1) is 5.16. The molecule has 1 fully saturated rings. The number of likely N-dealkylation sites (tertiary alicyclic amines) is 1. The molecule has 0 bridgehead atoms. The van der Waals surface area contributed by atoms with Crippen LogP contribution in [-0.4, -0.2) is 28.2 Å². The average molecular weight is 220 g/mol. The minimum Gasteiger partial charge on any atom is -0.337 e. The number of amides is 1. The number of nitrogens with zero attached hydrogens (tertiary/aromatic N) is 1. The van der Waals surface area contributed by atoms with Gasteiger partial charge in [-0.3, -0.25) is 4.79 Å². The summed E-state index contributed by atoms with van der Waals surface area (Å²) >= 11 is 3.19. The zero-order valence-electron chi connectivity index (χ0n) is 7.01. The van der Waals surface area contributed by atoms with E-state index >= 15 is 0 Å². The average Bonchev–Trinajstić information content (AvgIpc) is 2.30. The van der Waals surface area contributed by atoms with Gasteiger partial charge in [0, 0.05) is 12.1 Å². The van der Waals surface area contributed by atoms with Gasteiger partial charge in [-0.1, -0.05) is 15.9 Å². The number of alkyl halides is 1. The molecule has 0 radical (unpaired) electrons. The Bertz CT molecular complexity index is 150. The van der Waals surface area contributed by atoms with Crippen LogP contribution in [0.3, 0.4) is 0 Å². The molecule has 1 aliphatic rings. The second-order valence-electron chi connectivity index (χ2n) is 3.21. The van der Waals surface area contributed by atoms with Crippen molar-refractivity contribution in [2.24, 2.45) is 0 Å². The number of carbonyl (C=O) groups is 1. The lowest BCUT2D eigenvalue weighted by atomic mass is 10.2. The summed E-state index contributed by atoms with van der Waals surface area (Å²) in [5.41, 5.74) is 0. The van der Waals surface area contributed by atoms with E-state index in [2.05, 4.69) is 29.8 Å². The van der Waals surface area contributed by atoms with E-state index in [0.29, 0.717) is 17.4 Å². The number of hydrogen-bond donors (Lipinski definition) is 0. The van der Waals surface area contributed by atoms with Gasteiger partial charge in [-0.2, -0.15) is 0 Å². The number of rotatable bonds is 1. The third kappa shape index (κ3) is 1.75. The van der Waals surface area contributed by atoms with Gasteiger partial charge in [0.25, 0.3) is 0 Å². The first-order valence-corrected chi connectivity index (χ1v) is 5.16. The molecule has 3 heteroatoms. The van der Waals surface area contributed by atoms with Gasteiger partial charge in [0.05, 0.1) is 5.33 Å². The van der Waals surface area contributed by atoms with Crippen molar-refractivity contribution < 1.29 is 4.79 Å². The zero-order chi connectivity index (χ0) is 8.43. The van der Waals surface area contributed by atoms with Crippen LogP contribution in [0.25, 0.3) is 0 Å². The van der Waals surface area contributed by atoms with Crippen LogP contribution < -0.4 is 0 Å². The first-order valence-electron chi connectivity index (χ1n) is 4.04. The second-order valence-corrected chi connectivity index (χ2v) is 3.77. The summed E-state index contributed by atoms with van der Waals surface area (Å²) in [7, 11) is 0. The van der Waals surface area contributed by atoms with Crippen molar-refractivity contribution in [3.63, 3.8) is 0 Å². The maximum atomic E-state index is 11.3. The maximum Gasteiger partial charge on any atom is 0.233 e. The van der Waals surface area contributed by atoms with E-state index in [1.807, 2.05) is 4.90 Å². The molecule has 11 heavy (non-hydrogen) atoms. The van der Waals surface area contributed by atoms with Crippen LogP contribution in [0, 0.1) is 0 Å². The molecular formula is C8H14BrNO. The van der Waals surface area contributed by atoms with Crippen molar-refractivity contribution in [3.05, 3.63) is 0 Å². The van der Waals surface area contributed by atoms with Gasteiger partial charge in [0.15, 0.2) is 0 Å². The van der Waals surface area contributed by atoms with Crippen molar-refractivity contribution in [2.75, 3.05) is 5.33 Å². The predicted octanol–water partition coefficient (Wildman–Crippen LogP) is 1.78. The van der Waals surface area contributed by atoms with Crippen LogP contribution in [0.4, 0.5) is 0 Å². The molecule has 1 aliphatic heterocycles. The SMILES string of the molecule is C[C@@H]1CC[C@@H](C)N1C(=O)CBr. The van der Waals surface area contributed by atoms with E-state index in [1.165, 1.54) is 0 Å². The highest BCUT2D eigenvalue weighted by Gasteiger charge is 2.30. The quantitative estimate of drug-likeness (QED) is 0.617. The molecule has 1 amide bonds. The highest BCUT2D eigenvalue weighted by molar-refractivity contribution is 9.09. The van der Waals surface area contributed by atoms with Crippen molar-refractivity contribution >= 4 is 21.8 Å². The van der Waals surface area contributed by atoms with E-state index in [4.69, 9.17) is 0 Å². The molecule has 0 aromatic rings. The van der Waals surface area contributed by atoms with Gasteiger partial charge in [-0.05, 0) is 26.7 Å². The minimum atomic E-state index is 0.225. The van der Waals surface area contributed by atoms with Crippen LogP contribution in [-0.2, 0) is 4.79 Å². The first kappa shape index (κ1) is 9.04. The molecule has 2 atom stereocenters. The van der Waals surface area contributed by atoms with Crippen molar-refractivity contribution in [1.29, 1.82) is 0 Å². The summed E-state index contributed by atoms with van der Waals surface area (Å²) in [5, 5.41) is 0.460. The summed E-state index contributed by atoms with van der Waals surface area (Å²) in [6, 6.07) is 0.880. The molecule has 0 spiro atoms. The molecule has 0 aromatic carbocycles. The summed E-state index contributed by atoms with van der Waals surface area (Å²) in [4.78, 5) is 13.3. The molecule has 0 saturated carbocycles. The number of hydrogen-bond acceptors (Lipinski definition) is 1. The van der Waals surface area contributed by atoms with Crippen LogP contribution in [0.15, 0.2) is 0 Å². The smallest absolute Gasteiger partial charge is 0.233 e. The maximum absolute atomic E-state index is 11.3. The fourth-order valence-corrected chi connectivity index (χ4v) is 2.05. The monoisotopic (exact) mass is 219 g/mol. The van der Waals surface area contributed by atoms with Gasteiger partial charge in [-0.15, -0.1) is 0 Å².